The number of carboxylic acid groups (broad SMARTS) is 1. The average Bonchev–Trinajstić information content (AvgIpc) is 3.26. The van der Waals surface area contributed by atoms with Gasteiger partial charge in [0.2, 0.25) is 0 Å². The number of benzene rings is 1. The first-order chi connectivity index (χ1) is 9.61. The number of hydrogen-bond donors (Lipinski definition) is 1. The Bertz CT molecular complexity index is 561. The van der Waals surface area contributed by atoms with Crippen LogP contribution < -0.4 is 4.74 Å². The van der Waals surface area contributed by atoms with Crippen LogP contribution in [0, 0.1) is 11.3 Å². The van der Waals surface area contributed by atoms with Crippen LogP contribution in [0.4, 0.5) is 0 Å². The van der Waals surface area contributed by atoms with Crippen LogP contribution in [-0.4, -0.2) is 41.1 Å². The number of hydrogen-bond acceptors (Lipinski definition) is 4. The normalized spacial score (nSPS) is 13.3. The Labute approximate surface area is 116 Å². The van der Waals surface area contributed by atoms with Gasteiger partial charge in [0.05, 0.1) is 5.56 Å². The molecule has 6 heteroatoms. The third-order valence-electron chi connectivity index (χ3n) is 2.97. The molecule has 6 nitrogen and oxygen atoms in total. The molecule has 1 fully saturated rings. The standard InChI is InChI=1S/C14H14N2O4/c15-7-10-3-1-2-4-12(10)20-9-13(17)16(8-14(18)19)11-5-6-11/h1-4,11H,5-6,8-9H2,(H,18,19). The quantitative estimate of drug-likeness (QED) is 0.836. The number of rotatable bonds is 6. The molecular weight excluding hydrogens is 260 g/mol. The van der Waals surface area contributed by atoms with E-state index in [2.05, 4.69) is 0 Å². The number of carbonyl (C=O) groups is 2. The molecule has 1 amide bonds. The maximum Gasteiger partial charge on any atom is 0.323 e. The zero-order chi connectivity index (χ0) is 14.5. The van der Waals surface area contributed by atoms with E-state index in [1.807, 2.05) is 6.07 Å². The molecule has 0 radical (unpaired) electrons. The Morgan fingerprint density at radius 3 is 2.70 bits per heavy atom. The van der Waals surface area contributed by atoms with Crippen LogP contribution in [0.5, 0.6) is 5.75 Å². The molecule has 1 aliphatic carbocycles. The van der Waals surface area contributed by atoms with Crippen molar-refractivity contribution in [3.8, 4) is 11.8 Å². The summed E-state index contributed by atoms with van der Waals surface area (Å²) in [6, 6.07) is 8.58. The van der Waals surface area contributed by atoms with E-state index in [4.69, 9.17) is 15.1 Å². The lowest BCUT2D eigenvalue weighted by atomic mass is 10.2. The van der Waals surface area contributed by atoms with Crippen LogP contribution in [0.25, 0.3) is 0 Å². The van der Waals surface area contributed by atoms with Crippen molar-refractivity contribution in [3.05, 3.63) is 29.8 Å². The van der Waals surface area contributed by atoms with Crippen molar-refractivity contribution >= 4 is 11.9 Å². The van der Waals surface area contributed by atoms with Crippen LogP contribution in [0.15, 0.2) is 24.3 Å². The van der Waals surface area contributed by atoms with Crippen LogP contribution in [0.2, 0.25) is 0 Å². The number of nitrogens with zero attached hydrogens (tertiary/aromatic N) is 2. The molecule has 0 aromatic heterocycles. The van der Waals surface area contributed by atoms with Gasteiger partial charge in [-0.2, -0.15) is 5.26 Å². The molecule has 1 N–H and O–H groups in total. The number of carbonyl (C=O) groups excluding carboxylic acids is 1. The maximum absolute atomic E-state index is 12.0. The summed E-state index contributed by atoms with van der Waals surface area (Å²) in [5, 5.41) is 17.7. The molecule has 1 aromatic rings. The van der Waals surface area contributed by atoms with Crippen molar-refractivity contribution in [1.82, 2.24) is 4.90 Å². The second-order valence-electron chi connectivity index (χ2n) is 4.54. The topological polar surface area (TPSA) is 90.6 Å². The molecule has 0 bridgehead atoms. The number of para-hydroxylation sites is 1. The second kappa shape index (κ2) is 6.06. The lowest BCUT2D eigenvalue weighted by molar-refractivity contribution is -0.145. The highest BCUT2D eigenvalue weighted by Gasteiger charge is 2.33. The molecule has 1 saturated carbocycles. The van der Waals surface area contributed by atoms with E-state index >= 15 is 0 Å². The number of carboxylic acids is 1. The van der Waals surface area contributed by atoms with E-state index < -0.39 is 5.97 Å². The van der Waals surface area contributed by atoms with Gasteiger partial charge in [-0.1, -0.05) is 12.1 Å². The number of nitriles is 1. The van der Waals surface area contributed by atoms with Gasteiger partial charge in [-0.15, -0.1) is 0 Å². The zero-order valence-corrected chi connectivity index (χ0v) is 10.8. The Balaban J connectivity index is 1.97. The van der Waals surface area contributed by atoms with Crippen molar-refractivity contribution in [2.45, 2.75) is 18.9 Å². The first-order valence-electron chi connectivity index (χ1n) is 6.25. The van der Waals surface area contributed by atoms with E-state index in [-0.39, 0.29) is 25.1 Å². The molecule has 2 rings (SSSR count). The summed E-state index contributed by atoms with van der Waals surface area (Å²) in [4.78, 5) is 24.0. The lowest BCUT2D eigenvalue weighted by Crippen LogP contribution is -2.40. The Morgan fingerprint density at radius 1 is 1.40 bits per heavy atom. The highest BCUT2D eigenvalue weighted by atomic mass is 16.5. The molecule has 0 spiro atoms. The highest BCUT2D eigenvalue weighted by molar-refractivity contribution is 5.83. The van der Waals surface area contributed by atoms with Gasteiger partial charge in [0.25, 0.3) is 5.91 Å². The lowest BCUT2D eigenvalue weighted by Gasteiger charge is -2.20. The van der Waals surface area contributed by atoms with E-state index in [0.29, 0.717) is 11.3 Å². The fourth-order valence-electron chi connectivity index (χ4n) is 1.86. The maximum atomic E-state index is 12.0. The fourth-order valence-corrected chi connectivity index (χ4v) is 1.86. The van der Waals surface area contributed by atoms with Crippen LogP contribution >= 0.6 is 0 Å². The average molecular weight is 274 g/mol. The van der Waals surface area contributed by atoms with E-state index in [9.17, 15) is 9.59 Å². The largest absolute Gasteiger partial charge is 0.482 e. The minimum atomic E-state index is -1.04. The number of ether oxygens (including phenoxy) is 1. The molecular formula is C14H14N2O4. The third-order valence-corrected chi connectivity index (χ3v) is 2.97. The van der Waals surface area contributed by atoms with Crippen molar-refractivity contribution < 1.29 is 19.4 Å². The monoisotopic (exact) mass is 274 g/mol. The summed E-state index contributed by atoms with van der Waals surface area (Å²) in [6.45, 7) is -0.574. The molecule has 0 atom stereocenters. The molecule has 104 valence electrons. The van der Waals surface area contributed by atoms with Gasteiger partial charge in [-0.25, -0.2) is 0 Å². The minimum absolute atomic E-state index is 0.00779. The Kier molecular flexibility index (Phi) is 4.20. The second-order valence-corrected chi connectivity index (χ2v) is 4.54. The van der Waals surface area contributed by atoms with Gasteiger partial charge in [0.1, 0.15) is 18.4 Å². The molecule has 20 heavy (non-hydrogen) atoms. The van der Waals surface area contributed by atoms with Crippen molar-refractivity contribution in [3.63, 3.8) is 0 Å². The number of amides is 1. The minimum Gasteiger partial charge on any atom is -0.482 e. The molecule has 1 aromatic carbocycles. The summed E-state index contributed by atoms with van der Waals surface area (Å²) in [6.07, 6.45) is 1.65. The molecule has 0 saturated heterocycles. The van der Waals surface area contributed by atoms with Gasteiger partial charge in [0, 0.05) is 6.04 Å². The van der Waals surface area contributed by atoms with Crippen molar-refractivity contribution in [2.24, 2.45) is 0 Å². The smallest absolute Gasteiger partial charge is 0.323 e. The summed E-state index contributed by atoms with van der Waals surface area (Å²) in [5.74, 6) is -1.08. The molecule has 0 aliphatic heterocycles. The first kappa shape index (κ1) is 13.9. The molecule has 0 unspecified atom stereocenters. The van der Waals surface area contributed by atoms with Crippen LogP contribution in [-0.2, 0) is 9.59 Å². The summed E-state index contributed by atoms with van der Waals surface area (Å²) in [5.41, 5.74) is 0.344. The van der Waals surface area contributed by atoms with Crippen LogP contribution in [0.3, 0.4) is 0 Å². The van der Waals surface area contributed by atoms with Crippen LogP contribution in [0.1, 0.15) is 18.4 Å². The predicted octanol–water partition coefficient (Wildman–Crippen LogP) is 1.01. The summed E-state index contributed by atoms with van der Waals surface area (Å²) < 4.78 is 5.32. The predicted molar refractivity (Wildman–Crippen MR) is 69.0 cm³/mol. The number of aliphatic carboxylic acids is 1. The fraction of sp³-hybridized carbons (Fsp3) is 0.357. The Hall–Kier alpha value is -2.55. The first-order valence-corrected chi connectivity index (χ1v) is 6.25. The van der Waals surface area contributed by atoms with E-state index in [1.54, 1.807) is 24.3 Å². The SMILES string of the molecule is N#Cc1ccccc1OCC(=O)N(CC(=O)O)C1CC1. The Morgan fingerprint density at radius 2 is 2.10 bits per heavy atom. The van der Waals surface area contributed by atoms with Crippen molar-refractivity contribution in [1.29, 1.82) is 5.26 Å². The third kappa shape index (κ3) is 3.48. The highest BCUT2D eigenvalue weighted by Crippen LogP contribution is 2.27. The van der Waals surface area contributed by atoms with Crippen molar-refractivity contribution in [2.75, 3.05) is 13.2 Å². The van der Waals surface area contributed by atoms with E-state index in [0.717, 1.165) is 12.8 Å². The molecule has 1 aliphatic rings. The summed E-state index contributed by atoms with van der Waals surface area (Å²) in [7, 11) is 0. The van der Waals surface area contributed by atoms with Gasteiger partial charge >= 0.3 is 5.97 Å². The molecule has 0 heterocycles. The van der Waals surface area contributed by atoms with E-state index in [1.165, 1.54) is 4.90 Å². The van der Waals surface area contributed by atoms with Gasteiger partial charge in [-0.05, 0) is 25.0 Å². The van der Waals surface area contributed by atoms with Gasteiger partial charge in [-0.3, -0.25) is 9.59 Å². The summed E-state index contributed by atoms with van der Waals surface area (Å²) >= 11 is 0. The van der Waals surface area contributed by atoms with Gasteiger partial charge < -0.3 is 14.7 Å². The van der Waals surface area contributed by atoms with Gasteiger partial charge in [0.15, 0.2) is 6.61 Å². The zero-order valence-electron chi connectivity index (χ0n) is 10.8.